The average molecular weight is 466 g/mol. The zero-order valence-electron chi connectivity index (χ0n) is 21.1. The van der Waals surface area contributed by atoms with Crippen LogP contribution < -0.4 is 0 Å². The van der Waals surface area contributed by atoms with Crippen LogP contribution in [0.25, 0.3) is 0 Å². The number of aliphatic carboxylic acids is 1. The predicted octanol–water partition coefficient (Wildman–Crippen LogP) is 6.54. The van der Waals surface area contributed by atoms with E-state index in [-0.39, 0.29) is 18.1 Å². The van der Waals surface area contributed by atoms with E-state index in [9.17, 15) is 14.7 Å². The normalized spacial score (nSPS) is 20.9. The first-order chi connectivity index (χ1) is 16.2. The summed E-state index contributed by atoms with van der Waals surface area (Å²) in [5.74, 6) is 2.36. The van der Waals surface area contributed by atoms with E-state index in [1.165, 1.54) is 30.4 Å². The molecule has 5 nitrogen and oxygen atoms in total. The highest BCUT2D eigenvalue weighted by molar-refractivity contribution is 5.84. The summed E-state index contributed by atoms with van der Waals surface area (Å²) >= 11 is 0. The Labute approximate surface area is 203 Å². The molecule has 2 aliphatic carbocycles. The van der Waals surface area contributed by atoms with Crippen molar-refractivity contribution in [1.29, 1.82) is 0 Å². The molecule has 0 radical (unpaired) electrons. The minimum absolute atomic E-state index is 0.00767. The fraction of sp³-hybridized carbons (Fsp3) is 0.621. The molecule has 1 atom stereocenters. The van der Waals surface area contributed by atoms with Crippen molar-refractivity contribution in [3.8, 4) is 0 Å². The molecular formula is C29H39NO4. The van der Waals surface area contributed by atoms with Crippen molar-refractivity contribution in [3.63, 3.8) is 0 Å². The molecule has 0 amide bonds. The number of aryl methyl sites for hydroxylation is 2. The number of Topliss-reactive ketones (excluding diaryl/α,β-unsaturated/α-hetero) is 1. The quantitative estimate of drug-likeness (QED) is 0.385. The van der Waals surface area contributed by atoms with Gasteiger partial charge in [-0.2, -0.15) is 0 Å². The van der Waals surface area contributed by atoms with Crippen LogP contribution >= 0.6 is 0 Å². The molecule has 1 N–H and O–H groups in total. The number of hydrogen-bond donors (Lipinski definition) is 1. The van der Waals surface area contributed by atoms with Crippen LogP contribution in [0.5, 0.6) is 0 Å². The van der Waals surface area contributed by atoms with Gasteiger partial charge in [0, 0.05) is 36.7 Å². The summed E-state index contributed by atoms with van der Waals surface area (Å²) in [5, 5.41) is 13.8. The molecular weight excluding hydrogens is 426 g/mol. The molecule has 4 rings (SSSR count). The van der Waals surface area contributed by atoms with Gasteiger partial charge in [0.2, 0.25) is 0 Å². The van der Waals surface area contributed by atoms with Crippen molar-refractivity contribution in [2.45, 2.75) is 97.3 Å². The minimum atomic E-state index is -0.863. The Hall–Kier alpha value is -2.43. The van der Waals surface area contributed by atoms with Crippen molar-refractivity contribution < 1.29 is 19.2 Å². The van der Waals surface area contributed by atoms with Gasteiger partial charge in [0.25, 0.3) is 0 Å². The number of rotatable bonds is 12. The third kappa shape index (κ3) is 5.97. The Morgan fingerprint density at radius 1 is 1.15 bits per heavy atom. The number of carbonyl (C=O) groups excluding carboxylic acids is 1. The second-order valence-corrected chi connectivity index (χ2v) is 11.3. The Bertz CT molecular complexity index is 1030. The van der Waals surface area contributed by atoms with Crippen molar-refractivity contribution in [2.75, 3.05) is 0 Å². The van der Waals surface area contributed by atoms with E-state index in [2.05, 4.69) is 25.1 Å². The molecule has 0 spiro atoms. The minimum Gasteiger partial charge on any atom is -0.481 e. The highest BCUT2D eigenvalue weighted by Gasteiger charge is 2.40. The van der Waals surface area contributed by atoms with Crippen molar-refractivity contribution in [3.05, 3.63) is 51.9 Å². The van der Waals surface area contributed by atoms with Crippen molar-refractivity contribution in [1.82, 2.24) is 5.16 Å². The van der Waals surface area contributed by atoms with Gasteiger partial charge in [0.05, 0.1) is 5.69 Å². The fourth-order valence-electron chi connectivity index (χ4n) is 5.69. The van der Waals surface area contributed by atoms with Gasteiger partial charge in [-0.05, 0) is 81.3 Å². The lowest BCUT2D eigenvalue weighted by atomic mass is 9.69. The number of nitrogens with zero attached hydrogens (tertiary/aromatic N) is 1. The summed E-state index contributed by atoms with van der Waals surface area (Å²) in [6, 6.07) is 6.14. The van der Waals surface area contributed by atoms with E-state index in [0.717, 1.165) is 47.3 Å². The second kappa shape index (κ2) is 10.5. The number of aromatic nitrogens is 1. The van der Waals surface area contributed by atoms with Gasteiger partial charge >= 0.3 is 5.97 Å². The summed E-state index contributed by atoms with van der Waals surface area (Å²) < 4.78 is 5.93. The number of benzene rings is 1. The van der Waals surface area contributed by atoms with Crippen LogP contribution in [0.1, 0.15) is 104 Å². The van der Waals surface area contributed by atoms with Gasteiger partial charge < -0.3 is 9.63 Å². The fourth-order valence-corrected chi connectivity index (χ4v) is 5.69. The van der Waals surface area contributed by atoms with Crippen molar-refractivity contribution in [2.24, 2.45) is 17.8 Å². The molecule has 2 aliphatic rings. The van der Waals surface area contributed by atoms with E-state index < -0.39 is 5.97 Å². The molecule has 1 aromatic carbocycles. The van der Waals surface area contributed by atoms with Gasteiger partial charge in [-0.1, -0.05) is 42.8 Å². The SMILES string of the molecule is Cc1ccc(CC(=O)[C@@H](CCC(=O)O)Cc2noc(C3CC(CC(C)C)C3)c2C2CC2)c(C)c1. The maximum atomic E-state index is 13.4. The maximum absolute atomic E-state index is 13.4. The zero-order valence-corrected chi connectivity index (χ0v) is 21.1. The monoisotopic (exact) mass is 465 g/mol. The van der Waals surface area contributed by atoms with Crippen LogP contribution in [0, 0.1) is 31.6 Å². The standard InChI is InChI=1S/C29H39NO4/c1-17(2)11-20-13-24(14-20)29-28(21-7-8-21)25(30-34-29)15-23(9-10-27(32)33)26(31)16-22-6-5-18(3)12-19(22)4/h5-6,12,17,20-21,23-24H,7-11,13-16H2,1-4H3,(H,32,33)/t20?,23-,24?/m0/s1. The molecule has 1 aromatic heterocycles. The van der Waals surface area contributed by atoms with Gasteiger partial charge in [0.1, 0.15) is 11.5 Å². The lowest BCUT2D eigenvalue weighted by molar-refractivity contribution is -0.137. The Kier molecular flexibility index (Phi) is 7.59. The van der Waals surface area contributed by atoms with Gasteiger partial charge in [-0.3, -0.25) is 9.59 Å². The molecule has 184 valence electrons. The predicted molar refractivity (Wildman–Crippen MR) is 132 cm³/mol. The average Bonchev–Trinajstić information content (AvgIpc) is 3.49. The molecule has 0 aliphatic heterocycles. The third-order valence-corrected chi connectivity index (χ3v) is 7.69. The summed E-state index contributed by atoms with van der Waals surface area (Å²) in [5.41, 5.74) is 5.44. The van der Waals surface area contributed by atoms with E-state index in [0.29, 0.717) is 31.1 Å². The lowest BCUT2D eigenvalue weighted by Crippen LogP contribution is -2.24. The summed E-state index contributed by atoms with van der Waals surface area (Å²) in [6.07, 6.45) is 7.05. The molecule has 5 heteroatoms. The number of carboxylic acids is 1. The maximum Gasteiger partial charge on any atom is 0.303 e. The van der Waals surface area contributed by atoms with E-state index >= 15 is 0 Å². The first-order valence-corrected chi connectivity index (χ1v) is 13.0. The molecule has 1 heterocycles. The number of ketones is 1. The molecule has 2 saturated carbocycles. The molecule has 0 saturated heterocycles. The Morgan fingerprint density at radius 3 is 2.50 bits per heavy atom. The van der Waals surface area contributed by atoms with E-state index in [1.807, 2.05) is 26.0 Å². The zero-order chi connectivity index (χ0) is 24.4. The summed E-state index contributed by atoms with van der Waals surface area (Å²) in [4.78, 5) is 24.7. The highest BCUT2D eigenvalue weighted by atomic mass is 16.5. The van der Waals surface area contributed by atoms with Gasteiger partial charge in [0.15, 0.2) is 0 Å². The molecule has 2 aromatic rings. The van der Waals surface area contributed by atoms with Crippen LogP contribution in [-0.4, -0.2) is 22.0 Å². The summed E-state index contributed by atoms with van der Waals surface area (Å²) in [7, 11) is 0. The molecule has 2 fully saturated rings. The smallest absolute Gasteiger partial charge is 0.303 e. The molecule has 0 bridgehead atoms. The topological polar surface area (TPSA) is 80.4 Å². The number of carboxylic acid groups (broad SMARTS) is 1. The van der Waals surface area contributed by atoms with Gasteiger partial charge in [-0.15, -0.1) is 0 Å². The van der Waals surface area contributed by atoms with E-state index in [1.54, 1.807) is 0 Å². The Balaban J connectivity index is 1.50. The van der Waals surface area contributed by atoms with E-state index in [4.69, 9.17) is 4.52 Å². The highest BCUT2D eigenvalue weighted by Crippen LogP contribution is 2.51. The first kappa shape index (κ1) is 24.7. The third-order valence-electron chi connectivity index (χ3n) is 7.69. The molecule has 34 heavy (non-hydrogen) atoms. The van der Waals surface area contributed by atoms with Crippen LogP contribution in [0.15, 0.2) is 22.7 Å². The van der Waals surface area contributed by atoms with Crippen molar-refractivity contribution >= 4 is 11.8 Å². The largest absolute Gasteiger partial charge is 0.481 e. The lowest BCUT2D eigenvalue weighted by Gasteiger charge is -2.35. The van der Waals surface area contributed by atoms with Crippen LogP contribution in [-0.2, 0) is 22.4 Å². The van der Waals surface area contributed by atoms with Crippen LogP contribution in [0.3, 0.4) is 0 Å². The first-order valence-electron chi connectivity index (χ1n) is 13.0. The Morgan fingerprint density at radius 2 is 1.88 bits per heavy atom. The number of hydrogen-bond acceptors (Lipinski definition) is 4. The molecule has 0 unspecified atom stereocenters. The number of carbonyl (C=O) groups is 2. The van der Waals surface area contributed by atoms with Crippen LogP contribution in [0.4, 0.5) is 0 Å². The second-order valence-electron chi connectivity index (χ2n) is 11.3. The van der Waals surface area contributed by atoms with Crippen LogP contribution in [0.2, 0.25) is 0 Å². The summed E-state index contributed by atoms with van der Waals surface area (Å²) in [6.45, 7) is 8.63. The van der Waals surface area contributed by atoms with Gasteiger partial charge in [-0.25, -0.2) is 0 Å².